The first-order valence-corrected chi connectivity index (χ1v) is 14.2. The zero-order valence-corrected chi connectivity index (χ0v) is 24.7. The van der Waals surface area contributed by atoms with Crippen molar-refractivity contribution in [1.82, 2.24) is 4.90 Å². The van der Waals surface area contributed by atoms with Crippen LogP contribution >= 0.6 is 0 Å². The number of likely N-dealkylation sites (N-methyl/N-ethyl adjacent to an activating group) is 1. The van der Waals surface area contributed by atoms with Crippen molar-refractivity contribution >= 4 is 41.1 Å². The van der Waals surface area contributed by atoms with Crippen LogP contribution in [0.15, 0.2) is 41.4 Å². The molecular weight excluding hydrogens is 552 g/mol. The van der Waals surface area contributed by atoms with Gasteiger partial charge in [0.25, 0.3) is 0 Å². The normalized spacial score (nSPS) is 29.0. The van der Waals surface area contributed by atoms with Gasteiger partial charge in [0.05, 0.1) is 29.4 Å². The second-order valence-corrected chi connectivity index (χ2v) is 12.9. The van der Waals surface area contributed by atoms with E-state index in [1.165, 1.54) is 11.0 Å². The number of aliphatic imine (C=N–C) groups is 1. The summed E-state index contributed by atoms with van der Waals surface area (Å²) in [5, 5.41) is 25.6. The van der Waals surface area contributed by atoms with Gasteiger partial charge in [-0.2, -0.15) is 0 Å². The quantitative estimate of drug-likeness (QED) is 0.230. The predicted molar refractivity (Wildman–Crippen MR) is 159 cm³/mol. The van der Waals surface area contributed by atoms with E-state index in [9.17, 15) is 34.2 Å². The number of anilines is 1. The number of phenols is 1. The molecule has 226 valence electrons. The van der Waals surface area contributed by atoms with E-state index in [-0.39, 0.29) is 29.7 Å². The minimum absolute atomic E-state index is 0.00500. The summed E-state index contributed by atoms with van der Waals surface area (Å²) in [6, 6.07) is 9.40. The van der Waals surface area contributed by atoms with Crippen LogP contribution in [-0.2, 0) is 25.6 Å². The minimum atomic E-state index is -2.75. The lowest BCUT2D eigenvalue weighted by Crippen LogP contribution is -2.74. The summed E-state index contributed by atoms with van der Waals surface area (Å²) in [5.74, 6) is -10.7. The van der Waals surface area contributed by atoms with Crippen molar-refractivity contribution in [3.05, 3.63) is 47.5 Å². The molecule has 5 rings (SSSR count). The van der Waals surface area contributed by atoms with Crippen LogP contribution in [0.3, 0.4) is 0 Å². The average Bonchev–Trinajstić information content (AvgIpc) is 2.90. The van der Waals surface area contributed by atoms with Crippen LogP contribution in [0.2, 0.25) is 0 Å². The zero-order chi connectivity index (χ0) is 31.6. The molecule has 2 fully saturated rings. The van der Waals surface area contributed by atoms with Gasteiger partial charge in [-0.15, -0.1) is 0 Å². The van der Waals surface area contributed by atoms with E-state index in [0.29, 0.717) is 11.1 Å². The monoisotopic (exact) mass is 588 g/mol. The number of carbonyl (C=O) groups is 5. The third-order valence-corrected chi connectivity index (χ3v) is 8.82. The topological polar surface area (TPSA) is 179 Å². The van der Waals surface area contributed by atoms with Gasteiger partial charge in [-0.25, -0.2) is 0 Å². The van der Waals surface area contributed by atoms with E-state index in [1.807, 2.05) is 45.0 Å². The van der Waals surface area contributed by atoms with Gasteiger partial charge in [0, 0.05) is 11.6 Å². The molecular formula is C32H36N4O7. The van der Waals surface area contributed by atoms with Crippen molar-refractivity contribution in [2.24, 2.45) is 34.4 Å². The van der Waals surface area contributed by atoms with Crippen molar-refractivity contribution in [3.63, 3.8) is 0 Å². The van der Waals surface area contributed by atoms with Gasteiger partial charge in [0.2, 0.25) is 5.91 Å². The van der Waals surface area contributed by atoms with E-state index in [1.54, 1.807) is 26.5 Å². The minimum Gasteiger partial charge on any atom is -0.507 e. The average molecular weight is 589 g/mol. The van der Waals surface area contributed by atoms with Crippen LogP contribution in [0.5, 0.6) is 5.75 Å². The Bertz CT molecular complexity index is 1570. The van der Waals surface area contributed by atoms with Gasteiger partial charge in [-0.3, -0.25) is 33.9 Å². The fraction of sp³-hybridized carbons (Fsp3) is 0.438. The number of nitrogens with one attached hydrogen (secondary N) is 1. The highest BCUT2D eigenvalue weighted by Crippen LogP contribution is 2.51. The van der Waals surface area contributed by atoms with E-state index in [4.69, 9.17) is 5.73 Å². The summed E-state index contributed by atoms with van der Waals surface area (Å²) in [6.07, 6.45) is 1.81. The Morgan fingerprint density at radius 3 is 2.30 bits per heavy atom. The van der Waals surface area contributed by atoms with Gasteiger partial charge in [-0.1, -0.05) is 18.2 Å². The van der Waals surface area contributed by atoms with Crippen LogP contribution < -0.4 is 11.1 Å². The number of Topliss-reactive ketones (excluding diaryl/α,β-unsaturated/α-hetero) is 4. The van der Waals surface area contributed by atoms with Crippen molar-refractivity contribution in [1.29, 1.82) is 0 Å². The number of aliphatic hydroxyl groups is 1. The molecule has 5 N–H and O–H groups in total. The number of benzene rings is 2. The Labute approximate surface area is 249 Å². The molecule has 2 aromatic carbocycles. The van der Waals surface area contributed by atoms with E-state index in [0.717, 1.165) is 11.3 Å². The molecule has 0 aromatic heterocycles. The van der Waals surface area contributed by atoms with E-state index >= 15 is 0 Å². The molecule has 43 heavy (non-hydrogen) atoms. The lowest BCUT2D eigenvalue weighted by atomic mass is 9.52. The van der Waals surface area contributed by atoms with Gasteiger partial charge in [-0.05, 0) is 88.5 Å². The smallest absolute Gasteiger partial charge is 0.235 e. The Kier molecular flexibility index (Phi) is 7.38. The summed E-state index contributed by atoms with van der Waals surface area (Å²) in [5.41, 5.74) is 5.17. The first kappa shape index (κ1) is 30.2. The second kappa shape index (κ2) is 10.5. The fourth-order valence-electron chi connectivity index (χ4n) is 6.92. The van der Waals surface area contributed by atoms with Crippen molar-refractivity contribution in [2.45, 2.75) is 50.8 Å². The number of rotatable bonds is 5. The lowest BCUT2D eigenvalue weighted by Gasteiger charge is -2.52. The number of fused-ring (bicyclic) bond motifs is 3. The Hall–Kier alpha value is -4.22. The summed E-state index contributed by atoms with van der Waals surface area (Å²) >= 11 is 0. The third-order valence-electron chi connectivity index (χ3n) is 8.82. The second-order valence-electron chi connectivity index (χ2n) is 12.9. The number of hydrogen-bond acceptors (Lipinski definition) is 9. The Balaban J connectivity index is 1.54. The molecule has 0 bridgehead atoms. The van der Waals surface area contributed by atoms with Gasteiger partial charge in [0.15, 0.2) is 34.7 Å². The number of hydrogen-bond donors (Lipinski definition) is 4. The van der Waals surface area contributed by atoms with E-state index in [2.05, 4.69) is 10.3 Å². The molecule has 0 saturated heterocycles. The molecule has 3 aliphatic carbocycles. The van der Waals surface area contributed by atoms with Crippen LogP contribution in [0.4, 0.5) is 5.69 Å². The number of ketones is 4. The molecule has 2 saturated carbocycles. The van der Waals surface area contributed by atoms with Crippen molar-refractivity contribution < 1.29 is 34.2 Å². The summed E-state index contributed by atoms with van der Waals surface area (Å²) in [7, 11) is 3.11. The molecule has 11 heteroatoms. The van der Waals surface area contributed by atoms with Crippen LogP contribution in [-0.4, -0.2) is 81.8 Å². The Morgan fingerprint density at radius 1 is 1.07 bits per heavy atom. The lowest BCUT2D eigenvalue weighted by molar-refractivity contribution is -0.181. The van der Waals surface area contributed by atoms with Gasteiger partial charge >= 0.3 is 0 Å². The molecule has 2 unspecified atom stereocenters. The number of primary amides is 1. The molecule has 0 radical (unpaired) electrons. The number of phenolic OH excluding ortho intramolecular Hbond substituents is 1. The molecule has 2 aromatic rings. The largest absolute Gasteiger partial charge is 0.507 e. The molecule has 3 aliphatic rings. The SMILES string of the molecule is CN(C)[C@@H]1C(=O)C(C(N)=O)C(=O)[C@@]2(O)C(=O)C3C(=O)c4c(O)ccc(-c5ccc(NC=NC(C)(C)C)cc5)c4C[C@H]3C[C@@H]12. The molecule has 0 heterocycles. The van der Waals surface area contributed by atoms with Crippen molar-refractivity contribution in [2.75, 3.05) is 19.4 Å². The number of carbonyl (C=O) groups excluding carboxylic acids is 5. The Morgan fingerprint density at radius 2 is 1.72 bits per heavy atom. The van der Waals surface area contributed by atoms with Crippen LogP contribution in [0, 0.1) is 23.7 Å². The number of amides is 1. The highest BCUT2D eigenvalue weighted by molar-refractivity contribution is 6.32. The standard InChI is InChI=1S/C32H36N4O7/c1-31(2,3)35-14-34-17-8-6-15(7-9-17)18-10-11-21(37)23-19(18)12-16-13-20-25(36(4)5)27(39)24(30(33)42)29(41)32(20,43)28(40)22(16)26(23)38/h6-11,14,16,20,22,24-25,37,43H,12-13H2,1-5H3,(H2,33,42)(H,34,35)/t16-,20-,22?,24?,25-,32-/m0/s1. The highest BCUT2D eigenvalue weighted by atomic mass is 16.3. The van der Waals surface area contributed by atoms with Crippen LogP contribution in [0.25, 0.3) is 11.1 Å². The highest BCUT2D eigenvalue weighted by Gasteiger charge is 2.69. The molecule has 6 atom stereocenters. The van der Waals surface area contributed by atoms with Gasteiger partial charge < -0.3 is 21.3 Å². The summed E-state index contributed by atoms with van der Waals surface area (Å²) in [6.45, 7) is 5.95. The van der Waals surface area contributed by atoms with Crippen LogP contribution in [0.1, 0.15) is 43.1 Å². The first-order chi connectivity index (χ1) is 20.1. The zero-order valence-electron chi connectivity index (χ0n) is 24.7. The molecule has 1 amide bonds. The summed E-state index contributed by atoms with van der Waals surface area (Å²) in [4.78, 5) is 72.6. The van der Waals surface area contributed by atoms with E-state index < -0.39 is 64.4 Å². The first-order valence-electron chi connectivity index (χ1n) is 14.2. The maximum Gasteiger partial charge on any atom is 0.235 e. The maximum atomic E-state index is 14.0. The fourth-order valence-corrected chi connectivity index (χ4v) is 6.92. The number of nitrogens with two attached hydrogens (primary N) is 1. The maximum absolute atomic E-state index is 14.0. The van der Waals surface area contributed by atoms with Gasteiger partial charge in [0.1, 0.15) is 5.75 Å². The molecule has 0 spiro atoms. The van der Waals surface area contributed by atoms with Crippen molar-refractivity contribution in [3.8, 4) is 16.9 Å². The number of aromatic hydroxyl groups is 1. The number of nitrogens with zero attached hydrogens (tertiary/aromatic N) is 2. The summed E-state index contributed by atoms with van der Waals surface area (Å²) < 4.78 is 0. The molecule has 11 nitrogen and oxygen atoms in total. The predicted octanol–water partition coefficient (Wildman–Crippen LogP) is 1.77. The third kappa shape index (κ3) is 4.86. The molecule has 0 aliphatic heterocycles.